The number of hydrogen-bond acceptors (Lipinski definition) is 0. The predicted octanol–water partition coefficient (Wildman–Crippen LogP) is 17.0. The lowest BCUT2D eigenvalue weighted by Gasteiger charge is -2.61. The minimum atomic E-state index is 0.580. The molecular formula is C54H98. The van der Waals surface area contributed by atoms with Gasteiger partial charge in [0.15, 0.2) is 0 Å². The first-order valence-electron chi connectivity index (χ1n) is 24.9. The first-order chi connectivity index (χ1) is 24.9. The molecule has 0 heterocycles. The summed E-state index contributed by atoms with van der Waals surface area (Å²) in [5.41, 5.74) is 3.54. The monoisotopic (exact) mass is 747 g/mol. The molecule has 0 nitrogen and oxygen atoms in total. The highest BCUT2D eigenvalue weighted by Crippen LogP contribution is 2.65. The highest BCUT2D eigenvalue weighted by molar-refractivity contribution is 5.06. The van der Waals surface area contributed by atoms with Crippen LogP contribution in [0.15, 0.2) is 0 Å². The van der Waals surface area contributed by atoms with Crippen LogP contribution in [-0.2, 0) is 0 Å². The van der Waals surface area contributed by atoms with Crippen molar-refractivity contribution in [3.8, 4) is 0 Å². The standard InChI is InChI=1S/2C12H22.C11H20.C10H18.C9H16/c1-11(2)8-9-5-6-10(7-9)12(11,3)4;1-11(2)9-6-5-7-10(8-9)12(11,3)4;1-10(2)7-8-5-9(6-8)11(10,3)4;1-7-8(2)10-5-3-9(7)4-6-10;1-6-7(2)9-4-3-8(6)5-9/h2*9-10H,5-8H2,1-4H3;8-9H,5-7H2,1-4H3;7-10H,3-6H2,1-2H3;6-9H,3-5H2,1-2H3. The Bertz CT molecular complexity index is 1160. The van der Waals surface area contributed by atoms with Gasteiger partial charge in [0.05, 0.1) is 0 Å². The Morgan fingerprint density at radius 2 is 0.648 bits per heavy atom. The maximum atomic E-state index is 2.49. The van der Waals surface area contributed by atoms with Crippen LogP contribution in [-0.4, -0.2) is 0 Å². The highest BCUT2D eigenvalue weighted by atomic mass is 14.6. The molecule has 12 rings (SSSR count). The van der Waals surface area contributed by atoms with Crippen LogP contribution in [0.5, 0.6) is 0 Å². The Balaban J connectivity index is 0.000000116. The van der Waals surface area contributed by atoms with Gasteiger partial charge in [-0.25, -0.2) is 0 Å². The van der Waals surface area contributed by atoms with Gasteiger partial charge in [0.25, 0.3) is 0 Å². The Kier molecular flexibility index (Phi) is 12.5. The van der Waals surface area contributed by atoms with Gasteiger partial charge in [-0.3, -0.25) is 0 Å². The Morgan fingerprint density at radius 3 is 1.00 bits per heavy atom. The average molecular weight is 747 g/mol. The van der Waals surface area contributed by atoms with Crippen LogP contribution < -0.4 is 0 Å². The van der Waals surface area contributed by atoms with E-state index >= 15 is 0 Å². The summed E-state index contributed by atoms with van der Waals surface area (Å²) >= 11 is 0. The lowest BCUT2D eigenvalue weighted by atomic mass is 9.44. The molecule has 0 spiro atoms. The largest absolute Gasteiger partial charge is 0.0620 e. The molecule has 0 aromatic heterocycles. The van der Waals surface area contributed by atoms with E-state index in [9.17, 15) is 0 Å². The molecule has 0 radical (unpaired) electrons. The van der Waals surface area contributed by atoms with Crippen molar-refractivity contribution < 1.29 is 0 Å². The molecule has 0 saturated heterocycles. The zero-order valence-electron chi connectivity index (χ0n) is 39.8. The molecule has 0 N–H and O–H groups in total. The summed E-state index contributed by atoms with van der Waals surface area (Å²) in [6.07, 6.45) is 27.3. The van der Waals surface area contributed by atoms with E-state index in [2.05, 4.69) is 111 Å². The number of hydrogen-bond donors (Lipinski definition) is 0. The fraction of sp³-hybridized carbons (Fsp3) is 1.00. The molecule has 12 saturated carbocycles. The summed E-state index contributed by atoms with van der Waals surface area (Å²) in [5.74, 6) is 14.8. The number of rotatable bonds is 0. The van der Waals surface area contributed by atoms with Gasteiger partial charge < -0.3 is 0 Å². The molecule has 54 heavy (non-hydrogen) atoms. The molecule has 0 aromatic rings. The van der Waals surface area contributed by atoms with Crippen molar-refractivity contribution in [1.29, 1.82) is 0 Å². The Morgan fingerprint density at radius 1 is 0.296 bits per heavy atom. The van der Waals surface area contributed by atoms with Crippen molar-refractivity contribution in [3.63, 3.8) is 0 Å². The van der Waals surface area contributed by atoms with E-state index in [1.165, 1.54) is 109 Å². The van der Waals surface area contributed by atoms with Gasteiger partial charge in [-0.1, -0.05) is 124 Å². The van der Waals surface area contributed by atoms with Crippen LogP contribution in [0, 0.1) is 115 Å². The van der Waals surface area contributed by atoms with Crippen molar-refractivity contribution in [3.05, 3.63) is 0 Å². The fourth-order valence-electron chi connectivity index (χ4n) is 16.0. The smallest absolute Gasteiger partial charge is 0.0272 e. The van der Waals surface area contributed by atoms with Crippen molar-refractivity contribution in [2.75, 3.05) is 0 Å². The van der Waals surface area contributed by atoms with E-state index in [0.717, 1.165) is 82.9 Å². The second-order valence-corrected chi connectivity index (χ2v) is 26.5. The molecule has 12 aliphatic rings. The van der Waals surface area contributed by atoms with Crippen LogP contribution in [0.1, 0.15) is 226 Å². The van der Waals surface area contributed by atoms with E-state index in [4.69, 9.17) is 0 Å². The Hall–Kier alpha value is 0. The summed E-state index contributed by atoms with van der Waals surface area (Å²) in [5, 5.41) is 0. The van der Waals surface area contributed by atoms with Crippen molar-refractivity contribution in [2.45, 2.75) is 226 Å². The molecule has 0 aromatic carbocycles. The predicted molar refractivity (Wildman–Crippen MR) is 237 cm³/mol. The summed E-state index contributed by atoms with van der Waals surface area (Å²) in [7, 11) is 0. The van der Waals surface area contributed by atoms with Crippen LogP contribution in [0.3, 0.4) is 0 Å². The summed E-state index contributed by atoms with van der Waals surface area (Å²) in [6, 6.07) is 0. The third-order valence-electron chi connectivity index (χ3n) is 23.2. The maximum absolute atomic E-state index is 2.49. The zero-order valence-corrected chi connectivity index (χ0v) is 39.8. The summed E-state index contributed by atoms with van der Waals surface area (Å²) in [4.78, 5) is 0. The molecule has 10 unspecified atom stereocenters. The van der Waals surface area contributed by atoms with Gasteiger partial charge in [0, 0.05) is 0 Å². The van der Waals surface area contributed by atoms with Crippen LogP contribution in [0.4, 0.5) is 0 Å². The molecular weight excluding hydrogens is 649 g/mol. The molecule has 10 bridgehead atoms. The second kappa shape index (κ2) is 15.6. The molecule has 10 atom stereocenters. The van der Waals surface area contributed by atoms with Gasteiger partial charge in [-0.15, -0.1) is 0 Å². The fourth-order valence-corrected chi connectivity index (χ4v) is 16.0. The average Bonchev–Trinajstić information content (AvgIpc) is 3.84. The molecule has 12 aliphatic carbocycles. The summed E-state index contributed by atoms with van der Waals surface area (Å²) < 4.78 is 0. The van der Waals surface area contributed by atoms with Gasteiger partial charge in [-0.2, -0.15) is 0 Å². The van der Waals surface area contributed by atoms with Crippen molar-refractivity contribution >= 4 is 0 Å². The lowest BCUT2D eigenvalue weighted by Crippen LogP contribution is -2.52. The molecule has 0 aliphatic heterocycles. The molecule has 0 amide bonds. The van der Waals surface area contributed by atoms with Gasteiger partial charge in [0.2, 0.25) is 0 Å². The SMILES string of the molecule is CC1(C)C2CCCC(C2)C1(C)C.CC1(C)CC2CC(C2)C1(C)C.CC1(C)CC2CCC(C2)C1(C)C.CC1C2CCC(C2)C1C.CC1C2CCC(CC2)C1C. The van der Waals surface area contributed by atoms with Crippen LogP contribution in [0.25, 0.3) is 0 Å². The quantitative estimate of drug-likeness (QED) is 0.232. The minimum absolute atomic E-state index is 0.580. The van der Waals surface area contributed by atoms with Gasteiger partial charge in [-0.05, 0) is 218 Å². The zero-order chi connectivity index (χ0) is 39.8. The molecule has 314 valence electrons. The van der Waals surface area contributed by atoms with Crippen LogP contribution in [0.2, 0.25) is 0 Å². The first-order valence-corrected chi connectivity index (χ1v) is 24.9. The van der Waals surface area contributed by atoms with E-state index < -0.39 is 0 Å². The molecule has 12 fully saturated rings. The Labute approximate surface area is 340 Å². The maximum Gasteiger partial charge on any atom is -0.0272 e. The van der Waals surface area contributed by atoms with Gasteiger partial charge in [0.1, 0.15) is 0 Å². The first kappa shape index (κ1) is 43.6. The molecule has 0 heteroatoms. The van der Waals surface area contributed by atoms with E-state index in [0.29, 0.717) is 32.5 Å². The van der Waals surface area contributed by atoms with E-state index in [-0.39, 0.29) is 0 Å². The van der Waals surface area contributed by atoms with E-state index in [1.54, 1.807) is 6.42 Å². The third-order valence-corrected chi connectivity index (χ3v) is 23.2. The number of fused-ring (bicyclic) bond motifs is 11. The summed E-state index contributed by atoms with van der Waals surface area (Å²) in [6.45, 7) is 39.5. The highest BCUT2D eigenvalue weighted by Gasteiger charge is 2.56. The van der Waals surface area contributed by atoms with Crippen molar-refractivity contribution in [1.82, 2.24) is 0 Å². The minimum Gasteiger partial charge on any atom is -0.0620 e. The lowest BCUT2D eigenvalue weighted by molar-refractivity contribution is -0.112. The topological polar surface area (TPSA) is 0 Å². The second-order valence-electron chi connectivity index (χ2n) is 26.5. The van der Waals surface area contributed by atoms with Crippen molar-refractivity contribution in [2.24, 2.45) is 115 Å². The van der Waals surface area contributed by atoms with Crippen LogP contribution >= 0.6 is 0 Å². The third kappa shape index (κ3) is 7.88. The van der Waals surface area contributed by atoms with Gasteiger partial charge >= 0.3 is 0 Å². The van der Waals surface area contributed by atoms with E-state index in [1.807, 2.05) is 0 Å². The normalized spacial score (nSPS) is 47.6.